The van der Waals surface area contributed by atoms with Gasteiger partial charge in [-0.05, 0) is 42.5 Å². The fourth-order valence-electron chi connectivity index (χ4n) is 3.46. The highest BCUT2D eigenvalue weighted by Gasteiger charge is 2.39. The molecule has 0 unspecified atom stereocenters. The average Bonchev–Trinajstić information content (AvgIpc) is 3.37. The molecule has 8 nitrogen and oxygen atoms in total. The van der Waals surface area contributed by atoms with Crippen molar-refractivity contribution < 1.29 is 27.5 Å². The summed E-state index contributed by atoms with van der Waals surface area (Å²) in [6, 6.07) is 9.86. The van der Waals surface area contributed by atoms with E-state index in [0.717, 1.165) is 33.1 Å². The van der Waals surface area contributed by atoms with Gasteiger partial charge in [-0.25, -0.2) is 14.7 Å². The molecule has 3 amide bonds. The van der Waals surface area contributed by atoms with Crippen molar-refractivity contribution in [3.63, 3.8) is 0 Å². The molecule has 1 aromatic carbocycles. The Morgan fingerprint density at radius 2 is 1.73 bits per heavy atom. The largest absolute Gasteiger partial charge is 0.456 e. The SMILES string of the molecule is O=C1CN(c2cncc(C(F)(F)F)c2)C(=O)N1c1ccc(Oc2cnc3[nH]ccc3c2)cc1. The van der Waals surface area contributed by atoms with Crippen LogP contribution in [0.1, 0.15) is 5.56 Å². The van der Waals surface area contributed by atoms with Gasteiger partial charge in [0, 0.05) is 17.8 Å². The number of anilines is 2. The molecule has 1 saturated heterocycles. The van der Waals surface area contributed by atoms with Crippen LogP contribution >= 0.6 is 0 Å². The maximum absolute atomic E-state index is 13.0. The second kappa shape index (κ2) is 7.62. The van der Waals surface area contributed by atoms with E-state index in [-0.39, 0.29) is 11.4 Å². The molecule has 33 heavy (non-hydrogen) atoms. The fourth-order valence-corrected chi connectivity index (χ4v) is 3.46. The summed E-state index contributed by atoms with van der Waals surface area (Å²) in [5.41, 5.74) is -0.130. The van der Waals surface area contributed by atoms with Crippen LogP contribution in [0.15, 0.2) is 67.3 Å². The lowest BCUT2D eigenvalue weighted by molar-refractivity contribution is -0.137. The van der Waals surface area contributed by atoms with Crippen molar-refractivity contribution in [1.82, 2.24) is 15.0 Å². The molecule has 1 N–H and O–H groups in total. The summed E-state index contributed by atoms with van der Waals surface area (Å²) in [6.45, 7) is -0.400. The molecule has 0 radical (unpaired) electrons. The molecule has 5 rings (SSSR count). The quantitative estimate of drug-likeness (QED) is 0.451. The zero-order chi connectivity index (χ0) is 23.2. The summed E-state index contributed by atoms with van der Waals surface area (Å²) < 4.78 is 44.7. The molecule has 1 fully saturated rings. The van der Waals surface area contributed by atoms with Gasteiger partial charge in [-0.1, -0.05) is 0 Å². The number of aromatic amines is 1. The Hall–Kier alpha value is -4.41. The number of hydrogen-bond acceptors (Lipinski definition) is 5. The molecule has 0 saturated carbocycles. The molecular formula is C22H14F3N5O3. The topological polar surface area (TPSA) is 91.4 Å². The van der Waals surface area contributed by atoms with Gasteiger partial charge < -0.3 is 9.72 Å². The molecule has 4 heterocycles. The number of halogens is 3. The molecule has 166 valence electrons. The third-order valence-electron chi connectivity index (χ3n) is 5.03. The molecular weight excluding hydrogens is 439 g/mol. The number of nitrogens with one attached hydrogen (secondary N) is 1. The number of rotatable bonds is 4. The Labute approximate surface area is 184 Å². The van der Waals surface area contributed by atoms with Crippen LogP contribution in [0.25, 0.3) is 11.0 Å². The van der Waals surface area contributed by atoms with Crippen molar-refractivity contribution in [1.29, 1.82) is 0 Å². The van der Waals surface area contributed by atoms with Crippen molar-refractivity contribution in [2.24, 2.45) is 0 Å². The number of fused-ring (bicyclic) bond motifs is 1. The molecule has 1 aliphatic rings. The number of alkyl halides is 3. The molecule has 0 aliphatic carbocycles. The average molecular weight is 453 g/mol. The van der Waals surface area contributed by atoms with Gasteiger partial charge in [0.05, 0.1) is 29.3 Å². The number of amides is 3. The van der Waals surface area contributed by atoms with Gasteiger partial charge in [0.15, 0.2) is 0 Å². The van der Waals surface area contributed by atoms with E-state index in [2.05, 4.69) is 15.0 Å². The van der Waals surface area contributed by atoms with Gasteiger partial charge in [-0.3, -0.25) is 14.7 Å². The monoisotopic (exact) mass is 453 g/mol. The first kappa shape index (κ1) is 20.5. The van der Waals surface area contributed by atoms with Gasteiger partial charge in [0.25, 0.3) is 5.91 Å². The Kier molecular flexibility index (Phi) is 4.73. The lowest BCUT2D eigenvalue weighted by Gasteiger charge is -2.18. The third-order valence-corrected chi connectivity index (χ3v) is 5.03. The first-order chi connectivity index (χ1) is 15.8. The van der Waals surface area contributed by atoms with Gasteiger partial charge in [0.1, 0.15) is 23.7 Å². The van der Waals surface area contributed by atoms with Crippen LogP contribution < -0.4 is 14.5 Å². The van der Waals surface area contributed by atoms with Gasteiger partial charge in [0.2, 0.25) is 0 Å². The van der Waals surface area contributed by atoms with Crippen molar-refractivity contribution in [3.8, 4) is 11.5 Å². The highest BCUT2D eigenvalue weighted by molar-refractivity contribution is 6.26. The van der Waals surface area contributed by atoms with E-state index in [1.54, 1.807) is 30.6 Å². The van der Waals surface area contributed by atoms with Crippen molar-refractivity contribution in [2.45, 2.75) is 6.18 Å². The highest BCUT2D eigenvalue weighted by atomic mass is 19.4. The Balaban J connectivity index is 1.35. The number of carbonyl (C=O) groups excluding carboxylic acids is 2. The number of carbonyl (C=O) groups is 2. The van der Waals surface area contributed by atoms with Crippen LogP contribution in [0.4, 0.5) is 29.3 Å². The minimum absolute atomic E-state index is 0.113. The summed E-state index contributed by atoms with van der Waals surface area (Å²) in [5, 5.41) is 0.876. The number of H-pyrrole nitrogens is 1. The molecule has 0 bridgehead atoms. The second-order valence-electron chi connectivity index (χ2n) is 7.21. The van der Waals surface area contributed by atoms with Gasteiger partial charge >= 0.3 is 12.2 Å². The van der Waals surface area contributed by atoms with Crippen LogP contribution in [-0.4, -0.2) is 33.4 Å². The van der Waals surface area contributed by atoms with E-state index in [1.165, 1.54) is 12.1 Å². The van der Waals surface area contributed by atoms with Crippen molar-refractivity contribution in [3.05, 3.63) is 72.8 Å². The molecule has 4 aromatic rings. The van der Waals surface area contributed by atoms with E-state index in [4.69, 9.17) is 4.74 Å². The second-order valence-corrected chi connectivity index (χ2v) is 7.21. The van der Waals surface area contributed by atoms with Gasteiger partial charge in [-0.15, -0.1) is 0 Å². The number of nitrogens with zero attached hydrogens (tertiary/aromatic N) is 4. The van der Waals surface area contributed by atoms with Gasteiger partial charge in [-0.2, -0.15) is 13.2 Å². The first-order valence-electron chi connectivity index (χ1n) is 9.67. The summed E-state index contributed by atoms with van der Waals surface area (Å²) >= 11 is 0. The van der Waals surface area contributed by atoms with Crippen molar-refractivity contribution >= 4 is 34.3 Å². The number of benzene rings is 1. The number of aromatic nitrogens is 3. The van der Waals surface area contributed by atoms with Crippen molar-refractivity contribution in [2.75, 3.05) is 16.3 Å². The maximum atomic E-state index is 13.0. The van der Waals surface area contributed by atoms with E-state index < -0.39 is 30.2 Å². The number of pyridine rings is 2. The molecule has 3 aromatic heterocycles. The molecule has 1 aliphatic heterocycles. The summed E-state index contributed by atoms with van der Waals surface area (Å²) in [6.07, 6.45) is 0.467. The highest BCUT2D eigenvalue weighted by Crippen LogP contribution is 2.33. The van der Waals surface area contributed by atoms with E-state index in [9.17, 15) is 22.8 Å². The molecule has 11 heteroatoms. The molecule has 0 atom stereocenters. The maximum Gasteiger partial charge on any atom is 0.417 e. The summed E-state index contributed by atoms with van der Waals surface area (Å²) in [5.74, 6) is 0.382. The predicted octanol–water partition coefficient (Wildman–Crippen LogP) is 4.74. The third kappa shape index (κ3) is 3.84. The normalized spacial score (nSPS) is 14.4. The van der Waals surface area contributed by atoms with E-state index in [1.807, 2.05) is 6.07 Å². The van der Waals surface area contributed by atoms with Crippen LogP contribution in [0, 0.1) is 0 Å². The zero-order valence-electron chi connectivity index (χ0n) is 16.7. The lowest BCUT2D eigenvalue weighted by Crippen LogP contribution is -2.33. The smallest absolute Gasteiger partial charge is 0.417 e. The zero-order valence-corrected chi connectivity index (χ0v) is 16.7. The van der Waals surface area contributed by atoms with Crippen LogP contribution in [-0.2, 0) is 11.0 Å². The standard InChI is InChI=1S/C22H14F3N5O3/c23-22(24,25)14-8-16(10-26-9-14)29-12-19(31)30(21(29)32)15-1-3-17(4-2-15)33-18-7-13-5-6-27-20(13)28-11-18/h1-11H,12H2,(H,27,28). The number of urea groups is 1. The Morgan fingerprint density at radius 1 is 0.939 bits per heavy atom. The minimum atomic E-state index is -4.62. The van der Waals surface area contributed by atoms with Crippen LogP contribution in [0.3, 0.4) is 0 Å². The number of imide groups is 1. The van der Waals surface area contributed by atoms with E-state index >= 15 is 0 Å². The number of hydrogen-bond donors (Lipinski definition) is 1. The van der Waals surface area contributed by atoms with Crippen LogP contribution in [0.2, 0.25) is 0 Å². The first-order valence-corrected chi connectivity index (χ1v) is 9.67. The number of ether oxygens (including phenoxy) is 1. The minimum Gasteiger partial charge on any atom is -0.456 e. The Morgan fingerprint density at radius 3 is 2.48 bits per heavy atom. The summed E-state index contributed by atoms with van der Waals surface area (Å²) in [4.78, 5) is 38.0. The Bertz CT molecular complexity index is 1370. The van der Waals surface area contributed by atoms with E-state index in [0.29, 0.717) is 17.7 Å². The van der Waals surface area contributed by atoms with Crippen LogP contribution in [0.5, 0.6) is 11.5 Å². The fraction of sp³-hybridized carbons (Fsp3) is 0.0909. The lowest BCUT2D eigenvalue weighted by atomic mass is 10.2. The predicted molar refractivity (Wildman–Crippen MR) is 112 cm³/mol. The molecule has 0 spiro atoms. The summed E-state index contributed by atoms with van der Waals surface area (Å²) in [7, 11) is 0.